The molecule has 0 spiro atoms. The minimum Gasteiger partial charge on any atom is -0.385 e. The Morgan fingerprint density at radius 1 is 0.882 bits per heavy atom. The summed E-state index contributed by atoms with van der Waals surface area (Å²) >= 11 is 0. The van der Waals surface area contributed by atoms with Crippen molar-refractivity contribution in [1.82, 2.24) is 0 Å². The van der Waals surface area contributed by atoms with Crippen LogP contribution in [0.25, 0.3) is 0 Å². The molecule has 0 saturated carbocycles. The second-order valence-electron chi connectivity index (χ2n) is 3.23. The normalized spacial score (nSPS) is 8.41. The Balaban J connectivity index is 0. The molecule has 0 unspecified atom stereocenters. The summed E-state index contributed by atoms with van der Waals surface area (Å²) in [7, 11) is 0. The van der Waals surface area contributed by atoms with Crippen LogP contribution in [0.3, 0.4) is 0 Å². The van der Waals surface area contributed by atoms with Gasteiger partial charge in [0.05, 0.1) is 0 Å². The highest BCUT2D eigenvalue weighted by Gasteiger charge is 1.99. The lowest BCUT2D eigenvalue weighted by molar-refractivity contribution is 1.08. The molecule has 0 atom stereocenters. The summed E-state index contributed by atoms with van der Waals surface area (Å²) in [6.07, 6.45) is 2.22. The molecule has 0 aliphatic rings. The second-order valence-corrected chi connectivity index (χ2v) is 3.23. The standard InChI is InChI=1S/C12H19N.2C2H6/c1-4-10-7-8-11(5-2)12(9-10)13-6-3;2*1-2/h7-9,13H,4-6H2,1-3H3;2*1-2H3. The summed E-state index contributed by atoms with van der Waals surface area (Å²) in [5.74, 6) is 0. The van der Waals surface area contributed by atoms with Crippen molar-refractivity contribution in [2.24, 2.45) is 0 Å². The van der Waals surface area contributed by atoms with Crippen molar-refractivity contribution in [3.63, 3.8) is 0 Å². The van der Waals surface area contributed by atoms with Gasteiger partial charge in [0.1, 0.15) is 0 Å². The average molecular weight is 237 g/mol. The molecule has 0 aromatic heterocycles. The number of benzene rings is 1. The van der Waals surface area contributed by atoms with Crippen LogP contribution in [0.5, 0.6) is 0 Å². The van der Waals surface area contributed by atoms with E-state index in [9.17, 15) is 0 Å². The third-order valence-electron chi connectivity index (χ3n) is 2.33. The summed E-state index contributed by atoms with van der Waals surface area (Å²) in [6, 6.07) is 6.72. The molecule has 1 heteroatoms. The van der Waals surface area contributed by atoms with Gasteiger partial charge in [-0.15, -0.1) is 0 Å². The van der Waals surface area contributed by atoms with Gasteiger partial charge in [-0.2, -0.15) is 0 Å². The van der Waals surface area contributed by atoms with Crippen LogP contribution in [-0.2, 0) is 12.8 Å². The predicted octanol–water partition coefficient (Wildman–Crippen LogP) is 5.30. The molecule has 1 aromatic carbocycles. The first kappa shape index (κ1) is 18.4. The van der Waals surface area contributed by atoms with Crippen LogP contribution >= 0.6 is 0 Å². The van der Waals surface area contributed by atoms with E-state index < -0.39 is 0 Å². The minimum atomic E-state index is 1.00. The fourth-order valence-corrected chi connectivity index (χ4v) is 1.51. The highest BCUT2D eigenvalue weighted by Crippen LogP contribution is 2.18. The molecule has 1 aromatic rings. The molecule has 0 amide bonds. The van der Waals surface area contributed by atoms with Gasteiger partial charge in [-0.1, -0.05) is 53.7 Å². The molecular formula is C16H31N. The maximum absolute atomic E-state index is 3.40. The summed E-state index contributed by atoms with van der Waals surface area (Å²) < 4.78 is 0. The molecule has 1 nitrogen and oxygen atoms in total. The molecule has 1 N–H and O–H groups in total. The number of nitrogens with one attached hydrogen (secondary N) is 1. The largest absolute Gasteiger partial charge is 0.385 e. The van der Waals surface area contributed by atoms with E-state index in [2.05, 4.69) is 44.3 Å². The molecule has 0 aliphatic carbocycles. The third kappa shape index (κ3) is 7.04. The Labute approximate surface area is 109 Å². The summed E-state index contributed by atoms with van der Waals surface area (Å²) in [5.41, 5.74) is 4.14. The van der Waals surface area contributed by atoms with Crippen LogP contribution < -0.4 is 5.32 Å². The summed E-state index contributed by atoms with van der Waals surface area (Å²) in [5, 5.41) is 3.40. The Kier molecular flexibility index (Phi) is 14.2. The zero-order valence-electron chi connectivity index (χ0n) is 12.9. The minimum absolute atomic E-state index is 1.00. The molecule has 0 aliphatic heterocycles. The molecule has 0 fully saturated rings. The van der Waals surface area contributed by atoms with Gasteiger partial charge in [0.25, 0.3) is 0 Å². The van der Waals surface area contributed by atoms with Crippen LogP contribution in [0, 0.1) is 0 Å². The van der Waals surface area contributed by atoms with Gasteiger partial charge < -0.3 is 5.32 Å². The molecular weight excluding hydrogens is 206 g/mol. The van der Waals surface area contributed by atoms with E-state index in [1.807, 2.05) is 27.7 Å². The van der Waals surface area contributed by atoms with Crippen LogP contribution in [0.1, 0.15) is 59.6 Å². The van der Waals surface area contributed by atoms with Crippen molar-refractivity contribution >= 4 is 5.69 Å². The monoisotopic (exact) mass is 237 g/mol. The van der Waals surface area contributed by atoms with E-state index in [4.69, 9.17) is 0 Å². The predicted molar refractivity (Wildman–Crippen MR) is 82.1 cm³/mol. The summed E-state index contributed by atoms with van der Waals surface area (Å²) in [6.45, 7) is 15.5. The van der Waals surface area contributed by atoms with E-state index in [0.717, 1.165) is 19.4 Å². The highest BCUT2D eigenvalue weighted by atomic mass is 14.9. The van der Waals surface area contributed by atoms with Crippen molar-refractivity contribution < 1.29 is 0 Å². The Hall–Kier alpha value is -0.980. The van der Waals surface area contributed by atoms with Gasteiger partial charge in [0, 0.05) is 12.2 Å². The van der Waals surface area contributed by atoms with Crippen LogP contribution in [0.15, 0.2) is 18.2 Å². The quantitative estimate of drug-likeness (QED) is 0.749. The fraction of sp³-hybridized carbons (Fsp3) is 0.625. The van der Waals surface area contributed by atoms with Crippen LogP contribution in [0.2, 0.25) is 0 Å². The Morgan fingerprint density at radius 3 is 1.88 bits per heavy atom. The number of hydrogen-bond donors (Lipinski definition) is 1. The molecule has 0 saturated heterocycles. The lowest BCUT2D eigenvalue weighted by Crippen LogP contribution is -2.01. The SMILES string of the molecule is CC.CC.CCNc1cc(CC)ccc1CC. The van der Waals surface area contributed by atoms with Crippen LogP contribution in [-0.4, -0.2) is 6.54 Å². The fourth-order valence-electron chi connectivity index (χ4n) is 1.51. The Bertz CT molecular complexity index is 266. The van der Waals surface area contributed by atoms with E-state index in [1.165, 1.54) is 16.8 Å². The summed E-state index contributed by atoms with van der Waals surface area (Å²) in [4.78, 5) is 0. The van der Waals surface area contributed by atoms with Crippen molar-refractivity contribution in [2.45, 2.75) is 61.3 Å². The molecule has 0 bridgehead atoms. The smallest absolute Gasteiger partial charge is 0.0375 e. The van der Waals surface area contributed by atoms with Gasteiger partial charge >= 0.3 is 0 Å². The van der Waals surface area contributed by atoms with Gasteiger partial charge in [-0.05, 0) is 37.0 Å². The zero-order valence-corrected chi connectivity index (χ0v) is 12.9. The lowest BCUT2D eigenvalue weighted by atomic mass is 10.1. The van der Waals surface area contributed by atoms with Crippen molar-refractivity contribution in [3.8, 4) is 0 Å². The topological polar surface area (TPSA) is 12.0 Å². The first-order valence-electron chi connectivity index (χ1n) is 7.17. The van der Waals surface area contributed by atoms with Crippen molar-refractivity contribution in [2.75, 3.05) is 11.9 Å². The highest BCUT2D eigenvalue weighted by molar-refractivity contribution is 5.53. The molecule has 0 heterocycles. The van der Waals surface area contributed by atoms with Gasteiger partial charge in [0.15, 0.2) is 0 Å². The number of aryl methyl sites for hydroxylation is 2. The zero-order chi connectivity index (χ0) is 13.7. The van der Waals surface area contributed by atoms with E-state index in [1.54, 1.807) is 0 Å². The van der Waals surface area contributed by atoms with Crippen molar-refractivity contribution in [3.05, 3.63) is 29.3 Å². The maximum Gasteiger partial charge on any atom is 0.0375 e. The number of hydrogen-bond acceptors (Lipinski definition) is 1. The van der Waals surface area contributed by atoms with Crippen LogP contribution in [0.4, 0.5) is 5.69 Å². The third-order valence-corrected chi connectivity index (χ3v) is 2.33. The number of rotatable bonds is 4. The first-order chi connectivity index (χ1) is 8.31. The van der Waals surface area contributed by atoms with Gasteiger partial charge in [0.2, 0.25) is 0 Å². The van der Waals surface area contributed by atoms with Gasteiger partial charge in [-0.3, -0.25) is 0 Å². The first-order valence-corrected chi connectivity index (χ1v) is 7.17. The molecule has 17 heavy (non-hydrogen) atoms. The molecule has 1 rings (SSSR count). The molecule has 100 valence electrons. The van der Waals surface area contributed by atoms with E-state index >= 15 is 0 Å². The van der Waals surface area contributed by atoms with E-state index in [-0.39, 0.29) is 0 Å². The lowest BCUT2D eigenvalue weighted by Gasteiger charge is -2.10. The van der Waals surface area contributed by atoms with E-state index in [0.29, 0.717) is 0 Å². The number of anilines is 1. The maximum atomic E-state index is 3.40. The Morgan fingerprint density at radius 2 is 1.47 bits per heavy atom. The molecule has 0 radical (unpaired) electrons. The van der Waals surface area contributed by atoms with Crippen molar-refractivity contribution in [1.29, 1.82) is 0 Å². The second kappa shape index (κ2) is 13.1. The average Bonchev–Trinajstić information content (AvgIpc) is 2.43. The van der Waals surface area contributed by atoms with Gasteiger partial charge in [-0.25, -0.2) is 0 Å².